The van der Waals surface area contributed by atoms with Gasteiger partial charge in [0.25, 0.3) is 5.91 Å². The topological polar surface area (TPSA) is 47.4 Å². The van der Waals surface area contributed by atoms with Crippen molar-refractivity contribution in [1.29, 1.82) is 0 Å². The second-order valence-corrected chi connectivity index (χ2v) is 7.16. The third-order valence-electron chi connectivity index (χ3n) is 4.62. The van der Waals surface area contributed by atoms with E-state index in [0.717, 1.165) is 16.7 Å². The van der Waals surface area contributed by atoms with Gasteiger partial charge in [-0.2, -0.15) is 0 Å². The minimum absolute atomic E-state index is 0.00681. The van der Waals surface area contributed by atoms with Gasteiger partial charge in [-0.1, -0.05) is 15.9 Å². The number of carbonyl (C=O) groups is 1. The van der Waals surface area contributed by atoms with E-state index in [1.54, 1.807) is 18.3 Å². The number of pyridine rings is 1. The summed E-state index contributed by atoms with van der Waals surface area (Å²) in [6, 6.07) is 15.2. The largest absolute Gasteiger partial charge is 0.439 e. The van der Waals surface area contributed by atoms with E-state index in [1.807, 2.05) is 35.2 Å². The molecule has 1 atom stereocenters. The zero-order chi connectivity index (χ0) is 18.1. The van der Waals surface area contributed by atoms with E-state index >= 15 is 0 Å². The fourth-order valence-corrected chi connectivity index (χ4v) is 3.48. The first-order chi connectivity index (χ1) is 12.6. The maximum atomic E-state index is 12.9. The van der Waals surface area contributed by atoms with E-state index in [1.165, 1.54) is 0 Å². The average molecular weight is 412 g/mol. The quantitative estimate of drug-likeness (QED) is 0.629. The molecule has 132 valence electrons. The molecule has 1 aliphatic heterocycles. The number of halogens is 1. The zero-order valence-electron chi connectivity index (χ0n) is 14.3. The molecule has 0 N–H and O–H groups in total. The molecule has 1 amide bonds. The molecule has 0 aliphatic carbocycles. The van der Waals surface area contributed by atoms with Crippen LogP contribution in [0.3, 0.4) is 0 Å². The van der Waals surface area contributed by atoms with Crippen LogP contribution in [0.1, 0.15) is 29.0 Å². The van der Waals surface area contributed by atoms with E-state index < -0.39 is 0 Å². The predicted molar refractivity (Wildman–Crippen MR) is 102 cm³/mol. The maximum absolute atomic E-state index is 12.9. The van der Waals surface area contributed by atoms with Gasteiger partial charge in [-0.3, -0.25) is 4.79 Å². The molecule has 2 aromatic heterocycles. The van der Waals surface area contributed by atoms with E-state index in [4.69, 9.17) is 4.74 Å². The van der Waals surface area contributed by atoms with Gasteiger partial charge in [0.1, 0.15) is 5.75 Å². The lowest BCUT2D eigenvalue weighted by molar-refractivity contribution is 0.0643. The van der Waals surface area contributed by atoms with Gasteiger partial charge in [-0.15, -0.1) is 0 Å². The summed E-state index contributed by atoms with van der Waals surface area (Å²) in [5.74, 6) is 1.15. The van der Waals surface area contributed by atoms with Crippen LogP contribution < -0.4 is 4.74 Å². The van der Waals surface area contributed by atoms with Gasteiger partial charge in [0, 0.05) is 41.7 Å². The Bertz CT molecular complexity index is 919. The van der Waals surface area contributed by atoms with Crippen molar-refractivity contribution in [3.63, 3.8) is 0 Å². The second-order valence-electron chi connectivity index (χ2n) is 6.24. The number of fused-ring (bicyclic) bond motifs is 1. The van der Waals surface area contributed by atoms with Crippen LogP contribution in [0, 0.1) is 0 Å². The molecule has 6 heteroatoms. The van der Waals surface area contributed by atoms with Gasteiger partial charge in [-0.05, 0) is 49.4 Å². The van der Waals surface area contributed by atoms with Crippen LogP contribution in [0.25, 0.3) is 0 Å². The lowest BCUT2D eigenvalue weighted by Gasteiger charge is -2.35. The van der Waals surface area contributed by atoms with Gasteiger partial charge in [-0.25, -0.2) is 4.98 Å². The van der Waals surface area contributed by atoms with Crippen LogP contribution in [-0.4, -0.2) is 26.9 Å². The van der Waals surface area contributed by atoms with Crippen LogP contribution in [0.4, 0.5) is 0 Å². The second kappa shape index (κ2) is 6.96. The molecule has 3 heterocycles. The van der Waals surface area contributed by atoms with Crippen LogP contribution in [0.5, 0.6) is 11.6 Å². The Morgan fingerprint density at radius 1 is 1.15 bits per heavy atom. The summed E-state index contributed by atoms with van der Waals surface area (Å²) in [7, 11) is 0. The Labute approximate surface area is 160 Å². The zero-order valence-corrected chi connectivity index (χ0v) is 15.9. The molecule has 0 fully saturated rings. The number of aromatic nitrogens is 2. The summed E-state index contributed by atoms with van der Waals surface area (Å²) < 4.78 is 8.89. The van der Waals surface area contributed by atoms with Crippen molar-refractivity contribution in [3.8, 4) is 11.6 Å². The number of benzene rings is 1. The van der Waals surface area contributed by atoms with Gasteiger partial charge in [0.2, 0.25) is 5.88 Å². The highest BCUT2D eigenvalue weighted by atomic mass is 79.9. The van der Waals surface area contributed by atoms with E-state index in [0.29, 0.717) is 23.7 Å². The van der Waals surface area contributed by atoms with Crippen molar-refractivity contribution in [1.82, 2.24) is 14.5 Å². The lowest BCUT2D eigenvalue weighted by atomic mass is 10.1. The molecule has 0 saturated carbocycles. The average Bonchev–Trinajstić information content (AvgIpc) is 3.14. The van der Waals surface area contributed by atoms with Crippen molar-refractivity contribution in [2.24, 2.45) is 0 Å². The molecule has 26 heavy (non-hydrogen) atoms. The molecular weight excluding hydrogens is 394 g/mol. The first-order valence-corrected chi connectivity index (χ1v) is 9.26. The number of rotatable bonds is 3. The Hall–Kier alpha value is -2.60. The van der Waals surface area contributed by atoms with Gasteiger partial charge >= 0.3 is 0 Å². The molecular formula is C20H18BrN3O2. The van der Waals surface area contributed by atoms with Crippen molar-refractivity contribution in [3.05, 3.63) is 76.7 Å². The highest BCUT2D eigenvalue weighted by Crippen LogP contribution is 2.27. The number of ether oxygens (including phenoxy) is 1. The molecule has 0 saturated heterocycles. The fourth-order valence-electron chi connectivity index (χ4n) is 3.21. The van der Waals surface area contributed by atoms with Crippen molar-refractivity contribution < 1.29 is 9.53 Å². The van der Waals surface area contributed by atoms with Crippen molar-refractivity contribution in [2.75, 3.05) is 6.54 Å². The Morgan fingerprint density at radius 2 is 1.96 bits per heavy atom. The molecule has 1 aromatic carbocycles. The number of nitrogens with zero attached hydrogens (tertiary/aromatic N) is 3. The number of carbonyl (C=O) groups excluding carboxylic acids is 1. The number of hydrogen-bond acceptors (Lipinski definition) is 3. The minimum atomic E-state index is -0.00681. The van der Waals surface area contributed by atoms with Crippen LogP contribution >= 0.6 is 15.9 Å². The smallest absolute Gasteiger partial charge is 0.256 e. The van der Waals surface area contributed by atoms with Gasteiger partial charge in [0.15, 0.2) is 0 Å². The summed E-state index contributed by atoms with van der Waals surface area (Å²) in [4.78, 5) is 19.1. The summed E-state index contributed by atoms with van der Waals surface area (Å²) in [6.45, 7) is 3.57. The van der Waals surface area contributed by atoms with Crippen LogP contribution in [-0.2, 0) is 6.54 Å². The molecule has 5 nitrogen and oxygen atoms in total. The number of amides is 1. The molecule has 0 radical (unpaired) electrons. The molecule has 3 aromatic rings. The van der Waals surface area contributed by atoms with Crippen molar-refractivity contribution >= 4 is 21.8 Å². The monoisotopic (exact) mass is 411 g/mol. The standard InChI is InChI=1S/C20H18BrN3O2/c1-14-18-3-2-10-23(18)11-12-24(14)20(25)15-4-9-19(22-13-15)26-17-7-5-16(21)6-8-17/h2-10,13-14H,11-12H2,1H3. The summed E-state index contributed by atoms with van der Waals surface area (Å²) in [5, 5.41) is 0. The van der Waals surface area contributed by atoms with Crippen LogP contribution in [0.15, 0.2) is 65.4 Å². The van der Waals surface area contributed by atoms with Gasteiger partial charge in [0.05, 0.1) is 11.6 Å². The third-order valence-corrected chi connectivity index (χ3v) is 5.15. The Morgan fingerprint density at radius 3 is 2.69 bits per heavy atom. The summed E-state index contributed by atoms with van der Waals surface area (Å²) in [6.07, 6.45) is 3.64. The third kappa shape index (κ3) is 3.24. The molecule has 4 rings (SSSR count). The van der Waals surface area contributed by atoms with Gasteiger partial charge < -0.3 is 14.2 Å². The predicted octanol–water partition coefficient (Wildman–Crippen LogP) is 4.65. The van der Waals surface area contributed by atoms with Crippen LogP contribution in [0.2, 0.25) is 0 Å². The first-order valence-electron chi connectivity index (χ1n) is 8.47. The number of hydrogen-bond donors (Lipinski definition) is 0. The van der Waals surface area contributed by atoms with E-state index in [2.05, 4.69) is 44.7 Å². The molecule has 0 bridgehead atoms. The highest BCUT2D eigenvalue weighted by Gasteiger charge is 2.28. The first kappa shape index (κ1) is 16.8. The lowest BCUT2D eigenvalue weighted by Crippen LogP contribution is -2.40. The normalized spacial score (nSPS) is 16.2. The minimum Gasteiger partial charge on any atom is -0.439 e. The maximum Gasteiger partial charge on any atom is 0.256 e. The van der Waals surface area contributed by atoms with Crippen molar-refractivity contribution in [2.45, 2.75) is 19.5 Å². The fraction of sp³-hybridized carbons (Fsp3) is 0.200. The summed E-state index contributed by atoms with van der Waals surface area (Å²) >= 11 is 3.39. The Kier molecular flexibility index (Phi) is 4.51. The summed E-state index contributed by atoms with van der Waals surface area (Å²) in [5.41, 5.74) is 1.73. The SMILES string of the molecule is CC1c2cccn2CCN1C(=O)c1ccc(Oc2ccc(Br)cc2)nc1. The van der Waals surface area contributed by atoms with E-state index in [-0.39, 0.29) is 11.9 Å². The molecule has 0 spiro atoms. The molecule has 1 unspecified atom stereocenters. The Balaban J connectivity index is 1.48. The molecule has 1 aliphatic rings. The van der Waals surface area contributed by atoms with E-state index in [9.17, 15) is 4.79 Å². The highest BCUT2D eigenvalue weighted by molar-refractivity contribution is 9.10.